The molecule has 1 saturated heterocycles. The molecule has 0 bridgehead atoms. The molecule has 2 rings (SSSR count). The zero-order chi connectivity index (χ0) is 14.8. The number of nitrogens with zero attached hydrogens (tertiary/aromatic N) is 1. The number of rotatable bonds is 5. The Hall–Kier alpha value is -0.330. The van der Waals surface area contributed by atoms with Crippen LogP contribution in [0.25, 0.3) is 0 Å². The number of carbonyl (C=O) groups excluding carboxylic acids is 1. The van der Waals surface area contributed by atoms with E-state index in [0.717, 1.165) is 32.1 Å². The molecule has 1 atom stereocenters. The number of carbonyl (C=O) groups is 1. The standard InChI is InChI=1S/C14H26N2O3S.ClH/c1-14(10-15)7-8-16(11-14)13(17)6-9-20(18,19)12-4-2-3-5-12;/h12H,2-11,15H2,1H3;1H. The van der Waals surface area contributed by atoms with Crippen LogP contribution in [0.5, 0.6) is 0 Å². The SMILES string of the molecule is CC1(CN)CCN(C(=O)CCS(=O)(=O)C2CCCC2)C1.Cl. The van der Waals surface area contributed by atoms with Crippen molar-refractivity contribution in [3.63, 3.8) is 0 Å². The lowest BCUT2D eigenvalue weighted by molar-refractivity contribution is -0.130. The molecule has 21 heavy (non-hydrogen) atoms. The van der Waals surface area contributed by atoms with Crippen LogP contribution in [0.15, 0.2) is 0 Å². The fourth-order valence-corrected chi connectivity index (χ4v) is 5.05. The van der Waals surface area contributed by atoms with E-state index in [0.29, 0.717) is 19.6 Å². The Labute approximate surface area is 134 Å². The molecule has 1 aliphatic carbocycles. The third-order valence-electron chi connectivity index (χ3n) is 4.81. The first kappa shape index (κ1) is 18.7. The van der Waals surface area contributed by atoms with E-state index >= 15 is 0 Å². The van der Waals surface area contributed by atoms with Crippen LogP contribution >= 0.6 is 12.4 Å². The maximum Gasteiger partial charge on any atom is 0.223 e. The van der Waals surface area contributed by atoms with Crippen molar-refractivity contribution in [3.8, 4) is 0 Å². The minimum Gasteiger partial charge on any atom is -0.342 e. The Morgan fingerprint density at radius 2 is 1.95 bits per heavy atom. The predicted molar refractivity (Wildman–Crippen MR) is 86.3 cm³/mol. The number of halogens is 1. The van der Waals surface area contributed by atoms with Gasteiger partial charge in [-0.05, 0) is 31.2 Å². The molecular weight excluding hydrogens is 312 g/mol. The minimum atomic E-state index is -3.09. The molecule has 0 aromatic rings. The number of nitrogens with two attached hydrogens (primary N) is 1. The molecule has 0 aromatic carbocycles. The van der Waals surface area contributed by atoms with Gasteiger partial charge in [0.15, 0.2) is 9.84 Å². The van der Waals surface area contributed by atoms with Gasteiger partial charge in [0.1, 0.15) is 0 Å². The van der Waals surface area contributed by atoms with Gasteiger partial charge in [-0.25, -0.2) is 8.42 Å². The van der Waals surface area contributed by atoms with Gasteiger partial charge < -0.3 is 10.6 Å². The van der Waals surface area contributed by atoms with Crippen LogP contribution in [-0.4, -0.2) is 49.9 Å². The monoisotopic (exact) mass is 338 g/mol. The van der Waals surface area contributed by atoms with Crippen molar-refractivity contribution >= 4 is 28.2 Å². The smallest absolute Gasteiger partial charge is 0.223 e. The van der Waals surface area contributed by atoms with Crippen LogP contribution in [-0.2, 0) is 14.6 Å². The maximum atomic E-state index is 12.1. The molecule has 1 saturated carbocycles. The zero-order valence-electron chi connectivity index (χ0n) is 12.7. The van der Waals surface area contributed by atoms with Crippen molar-refractivity contribution in [1.29, 1.82) is 0 Å². The number of amides is 1. The fourth-order valence-electron chi connectivity index (χ4n) is 3.21. The van der Waals surface area contributed by atoms with Crippen molar-refractivity contribution < 1.29 is 13.2 Å². The third kappa shape index (κ3) is 4.57. The molecule has 1 aliphatic heterocycles. The summed E-state index contributed by atoms with van der Waals surface area (Å²) in [6.45, 7) is 4.01. The van der Waals surface area contributed by atoms with Gasteiger partial charge in [-0.3, -0.25) is 4.79 Å². The summed E-state index contributed by atoms with van der Waals surface area (Å²) in [5.74, 6) is -0.0319. The summed E-state index contributed by atoms with van der Waals surface area (Å²) >= 11 is 0. The average Bonchev–Trinajstić information content (AvgIpc) is 3.06. The molecule has 0 aromatic heterocycles. The largest absolute Gasteiger partial charge is 0.342 e. The van der Waals surface area contributed by atoms with Crippen molar-refractivity contribution in [2.75, 3.05) is 25.4 Å². The maximum absolute atomic E-state index is 12.1. The number of hydrogen-bond donors (Lipinski definition) is 1. The van der Waals surface area contributed by atoms with E-state index in [1.54, 1.807) is 4.90 Å². The topological polar surface area (TPSA) is 80.5 Å². The van der Waals surface area contributed by atoms with E-state index in [-0.39, 0.29) is 41.2 Å². The van der Waals surface area contributed by atoms with Crippen LogP contribution in [0.3, 0.4) is 0 Å². The number of hydrogen-bond acceptors (Lipinski definition) is 4. The van der Waals surface area contributed by atoms with E-state index < -0.39 is 9.84 Å². The summed E-state index contributed by atoms with van der Waals surface area (Å²) < 4.78 is 24.3. The quantitative estimate of drug-likeness (QED) is 0.820. The molecule has 7 heteroatoms. The minimum absolute atomic E-state index is 0. The highest BCUT2D eigenvalue weighted by molar-refractivity contribution is 7.92. The summed E-state index contributed by atoms with van der Waals surface area (Å²) in [5, 5.41) is -0.205. The first-order valence-electron chi connectivity index (χ1n) is 7.56. The molecule has 0 spiro atoms. The van der Waals surface area contributed by atoms with E-state index in [9.17, 15) is 13.2 Å². The van der Waals surface area contributed by atoms with Gasteiger partial charge in [0.05, 0.1) is 11.0 Å². The normalized spacial score (nSPS) is 26.9. The molecule has 2 N–H and O–H groups in total. The van der Waals surface area contributed by atoms with Gasteiger partial charge in [0.2, 0.25) is 5.91 Å². The summed E-state index contributed by atoms with van der Waals surface area (Å²) in [4.78, 5) is 13.9. The molecule has 2 aliphatic rings. The van der Waals surface area contributed by atoms with Gasteiger partial charge in [0.25, 0.3) is 0 Å². The summed E-state index contributed by atoms with van der Waals surface area (Å²) in [7, 11) is -3.09. The third-order valence-corrected chi connectivity index (χ3v) is 7.07. The molecule has 2 fully saturated rings. The zero-order valence-corrected chi connectivity index (χ0v) is 14.3. The van der Waals surface area contributed by atoms with Crippen LogP contribution in [0, 0.1) is 5.41 Å². The Morgan fingerprint density at radius 3 is 2.48 bits per heavy atom. The highest BCUT2D eigenvalue weighted by atomic mass is 35.5. The average molecular weight is 339 g/mol. The highest BCUT2D eigenvalue weighted by Gasteiger charge is 2.35. The first-order valence-corrected chi connectivity index (χ1v) is 9.27. The van der Waals surface area contributed by atoms with E-state index in [1.807, 2.05) is 0 Å². The Bertz CT molecular complexity index is 463. The van der Waals surface area contributed by atoms with Crippen molar-refractivity contribution in [2.24, 2.45) is 11.1 Å². The molecule has 1 amide bonds. The molecule has 1 unspecified atom stereocenters. The first-order chi connectivity index (χ1) is 9.36. The van der Waals surface area contributed by atoms with E-state index in [1.165, 1.54) is 0 Å². The Balaban J connectivity index is 0.00000220. The van der Waals surface area contributed by atoms with Gasteiger partial charge in [0, 0.05) is 19.5 Å². The van der Waals surface area contributed by atoms with Gasteiger partial charge >= 0.3 is 0 Å². The van der Waals surface area contributed by atoms with Gasteiger partial charge in [-0.15, -0.1) is 12.4 Å². The van der Waals surface area contributed by atoms with E-state index in [2.05, 4.69) is 6.92 Å². The number of sulfone groups is 1. The van der Waals surface area contributed by atoms with Gasteiger partial charge in [-0.1, -0.05) is 19.8 Å². The van der Waals surface area contributed by atoms with Crippen LogP contribution in [0.1, 0.15) is 45.4 Å². The lowest BCUT2D eigenvalue weighted by atomic mass is 9.90. The fraction of sp³-hybridized carbons (Fsp3) is 0.929. The van der Waals surface area contributed by atoms with Crippen molar-refractivity contribution in [2.45, 2.75) is 50.7 Å². The second kappa shape index (κ2) is 7.29. The van der Waals surface area contributed by atoms with Crippen LogP contribution in [0.4, 0.5) is 0 Å². The van der Waals surface area contributed by atoms with Crippen molar-refractivity contribution in [1.82, 2.24) is 4.90 Å². The summed E-state index contributed by atoms with van der Waals surface area (Å²) in [6.07, 6.45) is 4.57. The van der Waals surface area contributed by atoms with E-state index in [4.69, 9.17) is 5.73 Å². The second-order valence-corrected chi connectivity index (χ2v) is 9.00. The van der Waals surface area contributed by atoms with Crippen molar-refractivity contribution in [3.05, 3.63) is 0 Å². The lowest BCUT2D eigenvalue weighted by Gasteiger charge is -2.22. The predicted octanol–water partition coefficient (Wildman–Crippen LogP) is 1.35. The molecule has 1 heterocycles. The van der Waals surface area contributed by atoms with Crippen LogP contribution in [0.2, 0.25) is 0 Å². The molecule has 124 valence electrons. The highest BCUT2D eigenvalue weighted by Crippen LogP contribution is 2.29. The molecule has 0 radical (unpaired) electrons. The summed E-state index contributed by atoms with van der Waals surface area (Å²) in [5.41, 5.74) is 5.72. The van der Waals surface area contributed by atoms with Gasteiger partial charge in [-0.2, -0.15) is 0 Å². The number of likely N-dealkylation sites (tertiary alicyclic amines) is 1. The second-order valence-electron chi connectivity index (χ2n) is 6.60. The lowest BCUT2D eigenvalue weighted by Crippen LogP contribution is -2.35. The Kier molecular flexibility index (Phi) is 6.50. The molecular formula is C14H27ClN2O3S. The Morgan fingerprint density at radius 1 is 1.33 bits per heavy atom. The summed E-state index contributed by atoms with van der Waals surface area (Å²) in [6, 6.07) is 0. The molecule has 5 nitrogen and oxygen atoms in total. The van der Waals surface area contributed by atoms with Crippen LogP contribution < -0.4 is 5.73 Å².